The standard InChI is InChI=1S/C20H16Cl2N6O/c1-12(18-25-11-26-28(18)17-4-3-15(21)10-24-17)27-19(29)13-7-14(9-16(22)8-13)20(23-2)5-6-20/h3-4,7-12H,5-6H2,1H3,(H,27,29)/t12-/m1/s1. The predicted octanol–water partition coefficient (Wildman–Crippen LogP) is 4.37. The van der Waals surface area contributed by atoms with Crippen LogP contribution in [0.5, 0.6) is 0 Å². The Morgan fingerprint density at radius 3 is 2.69 bits per heavy atom. The summed E-state index contributed by atoms with van der Waals surface area (Å²) in [5.41, 5.74) is 0.655. The van der Waals surface area contributed by atoms with Crippen molar-refractivity contribution in [2.24, 2.45) is 0 Å². The van der Waals surface area contributed by atoms with Crippen LogP contribution in [0.25, 0.3) is 10.7 Å². The molecule has 0 spiro atoms. The molecule has 146 valence electrons. The normalized spacial score (nSPS) is 15.4. The van der Waals surface area contributed by atoms with Crippen molar-refractivity contribution in [2.45, 2.75) is 31.3 Å². The molecule has 2 aromatic heterocycles. The molecule has 0 saturated heterocycles. The van der Waals surface area contributed by atoms with E-state index in [9.17, 15) is 4.79 Å². The van der Waals surface area contributed by atoms with Crippen LogP contribution >= 0.6 is 23.2 Å². The topological polar surface area (TPSA) is 77.1 Å². The molecular weight excluding hydrogens is 411 g/mol. The van der Waals surface area contributed by atoms with Gasteiger partial charge < -0.3 is 10.2 Å². The lowest BCUT2D eigenvalue weighted by atomic mass is 10.0. The fourth-order valence-corrected chi connectivity index (χ4v) is 3.48. The summed E-state index contributed by atoms with van der Waals surface area (Å²) >= 11 is 12.1. The number of amides is 1. The molecule has 1 aliphatic rings. The Bertz CT molecular complexity index is 1110. The number of carbonyl (C=O) groups is 1. The summed E-state index contributed by atoms with van der Waals surface area (Å²) in [6, 6.07) is 8.08. The van der Waals surface area contributed by atoms with Crippen molar-refractivity contribution in [1.82, 2.24) is 25.1 Å². The van der Waals surface area contributed by atoms with Crippen molar-refractivity contribution in [1.29, 1.82) is 0 Å². The number of hydrogen-bond acceptors (Lipinski definition) is 4. The fourth-order valence-electron chi connectivity index (χ4n) is 3.13. The minimum Gasteiger partial charge on any atom is -0.342 e. The van der Waals surface area contributed by atoms with Crippen molar-refractivity contribution >= 4 is 29.1 Å². The molecule has 1 saturated carbocycles. The van der Waals surface area contributed by atoms with Crippen LogP contribution in [0, 0.1) is 6.57 Å². The first-order valence-electron chi connectivity index (χ1n) is 8.94. The third-order valence-electron chi connectivity index (χ3n) is 4.87. The van der Waals surface area contributed by atoms with Crippen LogP contribution in [-0.2, 0) is 5.54 Å². The third kappa shape index (κ3) is 3.82. The predicted molar refractivity (Wildman–Crippen MR) is 109 cm³/mol. The molecular formula is C20H16Cl2N6O. The van der Waals surface area contributed by atoms with E-state index in [4.69, 9.17) is 29.8 Å². The van der Waals surface area contributed by atoms with E-state index >= 15 is 0 Å². The minimum atomic E-state index is -0.536. The number of halogens is 2. The van der Waals surface area contributed by atoms with E-state index in [1.807, 2.05) is 0 Å². The van der Waals surface area contributed by atoms with Crippen LogP contribution in [0.15, 0.2) is 42.9 Å². The molecule has 29 heavy (non-hydrogen) atoms. The number of benzene rings is 1. The molecule has 0 bridgehead atoms. The Balaban J connectivity index is 1.57. The van der Waals surface area contributed by atoms with Gasteiger partial charge in [0.2, 0.25) is 0 Å². The molecule has 1 amide bonds. The second-order valence-electron chi connectivity index (χ2n) is 6.93. The Labute approximate surface area is 177 Å². The Morgan fingerprint density at radius 2 is 2.03 bits per heavy atom. The van der Waals surface area contributed by atoms with Gasteiger partial charge in [-0.05, 0) is 37.3 Å². The lowest BCUT2D eigenvalue weighted by Gasteiger charge is -2.15. The monoisotopic (exact) mass is 426 g/mol. The summed E-state index contributed by atoms with van der Waals surface area (Å²) in [5, 5.41) is 8.05. The van der Waals surface area contributed by atoms with E-state index < -0.39 is 11.6 Å². The van der Waals surface area contributed by atoms with E-state index in [0.717, 1.165) is 18.4 Å². The average molecular weight is 427 g/mol. The van der Waals surface area contributed by atoms with Crippen molar-refractivity contribution < 1.29 is 4.79 Å². The molecule has 3 aromatic rings. The number of aromatic nitrogens is 4. The quantitative estimate of drug-likeness (QED) is 0.614. The first-order valence-corrected chi connectivity index (χ1v) is 9.70. The van der Waals surface area contributed by atoms with Crippen LogP contribution < -0.4 is 5.32 Å². The van der Waals surface area contributed by atoms with Gasteiger partial charge in [-0.15, -0.1) is 0 Å². The highest BCUT2D eigenvalue weighted by molar-refractivity contribution is 6.31. The number of rotatable bonds is 5. The Kier molecular flexibility index (Phi) is 4.99. The van der Waals surface area contributed by atoms with Gasteiger partial charge in [0.25, 0.3) is 11.4 Å². The smallest absolute Gasteiger partial charge is 0.258 e. The maximum Gasteiger partial charge on any atom is 0.258 e. The maximum atomic E-state index is 12.8. The van der Waals surface area contributed by atoms with Gasteiger partial charge in [0.1, 0.15) is 6.33 Å². The van der Waals surface area contributed by atoms with Crippen molar-refractivity contribution in [3.05, 3.63) is 81.3 Å². The van der Waals surface area contributed by atoms with Gasteiger partial charge in [-0.2, -0.15) is 9.78 Å². The first-order chi connectivity index (χ1) is 13.9. The summed E-state index contributed by atoms with van der Waals surface area (Å²) in [6.07, 6.45) is 4.49. The zero-order valence-electron chi connectivity index (χ0n) is 15.4. The molecule has 1 aromatic carbocycles. The lowest BCUT2D eigenvalue weighted by Crippen LogP contribution is -2.29. The summed E-state index contributed by atoms with van der Waals surface area (Å²) < 4.78 is 1.54. The van der Waals surface area contributed by atoms with Gasteiger partial charge in [0, 0.05) is 35.2 Å². The second-order valence-corrected chi connectivity index (χ2v) is 7.80. The summed E-state index contributed by atoms with van der Waals surface area (Å²) in [4.78, 5) is 25.1. The summed E-state index contributed by atoms with van der Waals surface area (Å²) in [7, 11) is 0. The van der Waals surface area contributed by atoms with Gasteiger partial charge in [-0.25, -0.2) is 16.5 Å². The average Bonchev–Trinajstić information content (AvgIpc) is 3.36. The highest BCUT2D eigenvalue weighted by atomic mass is 35.5. The molecule has 0 aliphatic heterocycles. The lowest BCUT2D eigenvalue weighted by molar-refractivity contribution is 0.0937. The van der Waals surface area contributed by atoms with Crippen molar-refractivity contribution in [3.63, 3.8) is 0 Å². The van der Waals surface area contributed by atoms with Crippen LogP contribution in [0.3, 0.4) is 0 Å². The van der Waals surface area contributed by atoms with E-state index in [1.54, 1.807) is 41.9 Å². The highest BCUT2D eigenvalue weighted by Gasteiger charge is 2.52. The number of nitrogens with zero attached hydrogens (tertiary/aromatic N) is 5. The zero-order chi connectivity index (χ0) is 20.6. The molecule has 9 heteroatoms. The van der Waals surface area contributed by atoms with Crippen molar-refractivity contribution in [2.75, 3.05) is 0 Å². The second kappa shape index (κ2) is 7.47. The van der Waals surface area contributed by atoms with E-state index in [1.165, 1.54) is 12.5 Å². The third-order valence-corrected chi connectivity index (χ3v) is 5.31. The largest absolute Gasteiger partial charge is 0.342 e. The van der Waals surface area contributed by atoms with Gasteiger partial charge >= 0.3 is 0 Å². The van der Waals surface area contributed by atoms with E-state index in [-0.39, 0.29) is 5.91 Å². The summed E-state index contributed by atoms with van der Waals surface area (Å²) in [5.74, 6) is 0.761. The fraction of sp³-hybridized carbons (Fsp3) is 0.250. The minimum absolute atomic E-state index is 0.305. The first kappa shape index (κ1) is 19.4. The number of nitrogens with one attached hydrogen (secondary N) is 1. The van der Waals surface area contributed by atoms with Gasteiger partial charge in [-0.1, -0.05) is 23.2 Å². The molecule has 1 N–H and O–H groups in total. The van der Waals surface area contributed by atoms with Crippen LogP contribution in [-0.4, -0.2) is 25.7 Å². The molecule has 1 fully saturated rings. The van der Waals surface area contributed by atoms with Gasteiger partial charge in [-0.3, -0.25) is 4.79 Å². The van der Waals surface area contributed by atoms with Crippen molar-refractivity contribution in [3.8, 4) is 5.82 Å². The number of carbonyl (C=O) groups excluding carboxylic acids is 1. The Hall–Kier alpha value is -2.95. The molecule has 1 aliphatic carbocycles. The Morgan fingerprint density at radius 1 is 1.24 bits per heavy atom. The SMILES string of the molecule is [C-]#[N+]C1(c2cc(Cl)cc(C(=O)N[C@H](C)c3ncnn3-c3ccc(Cl)cn3)c2)CC1. The molecule has 4 rings (SSSR count). The van der Waals surface area contributed by atoms with Crippen LogP contribution in [0.1, 0.15) is 47.6 Å². The molecule has 1 atom stereocenters. The van der Waals surface area contributed by atoms with Gasteiger partial charge in [0.15, 0.2) is 11.6 Å². The van der Waals surface area contributed by atoms with E-state index in [2.05, 4.69) is 25.2 Å². The molecule has 2 heterocycles. The molecule has 0 radical (unpaired) electrons. The molecule has 7 nitrogen and oxygen atoms in total. The number of pyridine rings is 1. The zero-order valence-corrected chi connectivity index (χ0v) is 16.9. The van der Waals surface area contributed by atoms with Gasteiger partial charge in [0.05, 0.1) is 11.1 Å². The van der Waals surface area contributed by atoms with Crippen LogP contribution in [0.4, 0.5) is 0 Å². The highest BCUT2D eigenvalue weighted by Crippen LogP contribution is 2.50. The van der Waals surface area contributed by atoms with Crippen LogP contribution in [0.2, 0.25) is 10.0 Å². The summed E-state index contributed by atoms with van der Waals surface area (Å²) in [6.45, 7) is 9.24. The van der Waals surface area contributed by atoms with E-state index in [0.29, 0.717) is 27.3 Å². The number of hydrogen-bond donors (Lipinski definition) is 1. The molecule has 0 unspecified atom stereocenters. The maximum absolute atomic E-state index is 12.8.